The first-order chi connectivity index (χ1) is 20.6. The number of nitrogens with one attached hydrogen (secondary N) is 1. The fourth-order valence-electron chi connectivity index (χ4n) is 8.65. The van der Waals surface area contributed by atoms with Gasteiger partial charge in [0.05, 0.1) is 0 Å². The van der Waals surface area contributed by atoms with Crippen LogP contribution in [0.4, 0.5) is 0 Å². The van der Waals surface area contributed by atoms with Crippen LogP contribution in [0.3, 0.4) is 0 Å². The van der Waals surface area contributed by atoms with Crippen molar-refractivity contribution in [2.45, 2.75) is 220 Å². The van der Waals surface area contributed by atoms with Crippen molar-refractivity contribution in [3.63, 3.8) is 0 Å². The molecule has 0 heterocycles. The molecule has 42 heavy (non-hydrogen) atoms. The van der Waals surface area contributed by atoms with Crippen LogP contribution in [0.1, 0.15) is 207 Å². The number of rotatable bonds is 28. The molecule has 0 unspecified atom stereocenters. The zero-order valence-corrected chi connectivity index (χ0v) is 30.0. The fraction of sp³-hybridized carbons (Fsp3) is 1.00. The molecule has 0 aromatic rings. The summed E-state index contributed by atoms with van der Waals surface area (Å²) in [6, 6.07) is 1.64. The first-order valence-electron chi connectivity index (χ1n) is 20.0. The second-order valence-corrected chi connectivity index (χ2v) is 15.5. The maximum absolute atomic E-state index is 4.11. The molecule has 0 aliphatic heterocycles. The van der Waals surface area contributed by atoms with Crippen molar-refractivity contribution in [3.8, 4) is 0 Å². The first kappa shape index (κ1) is 38.1. The Labute approximate surface area is 266 Å². The topological polar surface area (TPSA) is 15.3 Å². The van der Waals surface area contributed by atoms with Gasteiger partial charge in [-0.05, 0) is 95.1 Å². The molecule has 2 aliphatic rings. The quantitative estimate of drug-likeness (QED) is 0.0914. The zero-order chi connectivity index (χ0) is 30.3. The monoisotopic (exact) mass is 589 g/mol. The van der Waals surface area contributed by atoms with Crippen molar-refractivity contribution in [1.82, 2.24) is 10.2 Å². The molecule has 0 amide bonds. The van der Waals surface area contributed by atoms with E-state index in [1.54, 1.807) is 0 Å². The number of unbranched alkanes of at least 4 members (excludes halogenated alkanes) is 14. The summed E-state index contributed by atoms with van der Waals surface area (Å²) in [5.41, 5.74) is 0.721. The van der Waals surface area contributed by atoms with E-state index in [0.29, 0.717) is 0 Å². The molecular formula is C40H80N2. The fourth-order valence-corrected chi connectivity index (χ4v) is 8.65. The standard InChI is InChI=1S/C40H80N2/c1-6-10-14-18-22-26-38(27-23-19-15-11-7-2)41-34-37-32-40(33-37)30-28-39(29-31-40)42(5)35-36(24-20-16-12-8-3)25-21-17-13-9-4/h36-39,41H,6-35H2,1-5H3/t37-,39-,40?. The molecule has 0 atom stereocenters. The highest BCUT2D eigenvalue weighted by atomic mass is 15.1. The van der Waals surface area contributed by atoms with Crippen LogP contribution in [0.15, 0.2) is 0 Å². The molecule has 2 saturated carbocycles. The first-order valence-corrected chi connectivity index (χ1v) is 20.0. The Hall–Kier alpha value is -0.0800. The maximum Gasteiger partial charge on any atom is 0.00927 e. The molecule has 2 nitrogen and oxygen atoms in total. The van der Waals surface area contributed by atoms with Gasteiger partial charge in [-0.15, -0.1) is 0 Å². The van der Waals surface area contributed by atoms with Crippen LogP contribution in [-0.2, 0) is 0 Å². The lowest BCUT2D eigenvalue weighted by Crippen LogP contribution is -2.48. The Morgan fingerprint density at radius 3 is 1.50 bits per heavy atom. The molecule has 0 bridgehead atoms. The van der Waals surface area contributed by atoms with Crippen LogP contribution >= 0.6 is 0 Å². The highest BCUT2D eigenvalue weighted by molar-refractivity contribution is 4.99. The molecule has 1 N–H and O–H groups in total. The van der Waals surface area contributed by atoms with Crippen LogP contribution in [0, 0.1) is 17.3 Å². The van der Waals surface area contributed by atoms with Crippen molar-refractivity contribution in [1.29, 1.82) is 0 Å². The van der Waals surface area contributed by atoms with Gasteiger partial charge in [0.25, 0.3) is 0 Å². The Balaban J connectivity index is 1.69. The Morgan fingerprint density at radius 1 is 0.595 bits per heavy atom. The maximum atomic E-state index is 4.11. The van der Waals surface area contributed by atoms with Crippen LogP contribution in [0.25, 0.3) is 0 Å². The predicted octanol–water partition coefficient (Wildman–Crippen LogP) is 12.5. The van der Waals surface area contributed by atoms with Crippen LogP contribution in [0.5, 0.6) is 0 Å². The lowest BCUT2D eigenvalue weighted by molar-refractivity contribution is -0.0115. The van der Waals surface area contributed by atoms with Crippen molar-refractivity contribution >= 4 is 0 Å². The van der Waals surface area contributed by atoms with Crippen LogP contribution in [0.2, 0.25) is 0 Å². The van der Waals surface area contributed by atoms with Crippen molar-refractivity contribution in [3.05, 3.63) is 0 Å². The van der Waals surface area contributed by atoms with E-state index >= 15 is 0 Å². The Kier molecular flexibility index (Phi) is 21.9. The molecule has 2 aliphatic carbocycles. The summed E-state index contributed by atoms with van der Waals surface area (Å²) < 4.78 is 0. The van der Waals surface area contributed by atoms with E-state index in [1.165, 1.54) is 193 Å². The predicted molar refractivity (Wildman–Crippen MR) is 190 cm³/mol. The number of nitrogens with zero attached hydrogens (tertiary/aromatic N) is 1. The van der Waals surface area contributed by atoms with Gasteiger partial charge in [0.15, 0.2) is 0 Å². The molecule has 2 fully saturated rings. The molecule has 0 radical (unpaired) electrons. The minimum Gasteiger partial charge on any atom is -0.314 e. The molecule has 2 heteroatoms. The van der Waals surface area contributed by atoms with E-state index in [2.05, 4.69) is 45.0 Å². The van der Waals surface area contributed by atoms with E-state index in [9.17, 15) is 0 Å². The molecule has 2 rings (SSSR count). The summed E-state index contributed by atoms with van der Waals surface area (Å²) in [5.74, 6) is 1.89. The van der Waals surface area contributed by atoms with Gasteiger partial charge in [-0.2, -0.15) is 0 Å². The van der Waals surface area contributed by atoms with Gasteiger partial charge in [0.1, 0.15) is 0 Å². The molecule has 0 saturated heterocycles. The normalized spacial score (nSPS) is 22.6. The second-order valence-electron chi connectivity index (χ2n) is 15.5. The van der Waals surface area contributed by atoms with Gasteiger partial charge >= 0.3 is 0 Å². The van der Waals surface area contributed by atoms with Gasteiger partial charge in [0, 0.05) is 18.6 Å². The third-order valence-corrected chi connectivity index (χ3v) is 11.6. The minimum atomic E-state index is 0.721. The van der Waals surface area contributed by atoms with Gasteiger partial charge in [0.2, 0.25) is 0 Å². The Morgan fingerprint density at radius 2 is 1.02 bits per heavy atom. The summed E-state index contributed by atoms with van der Waals surface area (Å²) in [5, 5.41) is 4.11. The summed E-state index contributed by atoms with van der Waals surface area (Å²) in [6.45, 7) is 12.0. The van der Waals surface area contributed by atoms with E-state index in [4.69, 9.17) is 0 Å². The SMILES string of the molecule is CCCCCCCC(CCCCCCC)NC[C@H]1CC2(CC[C@H](N(C)CC(CCCCCC)CCCCCC)CC2)C1. The summed E-state index contributed by atoms with van der Waals surface area (Å²) in [4.78, 5) is 2.82. The van der Waals surface area contributed by atoms with Crippen molar-refractivity contribution < 1.29 is 0 Å². The van der Waals surface area contributed by atoms with Gasteiger partial charge in [-0.1, -0.05) is 143 Å². The summed E-state index contributed by atoms with van der Waals surface area (Å²) >= 11 is 0. The average molecular weight is 589 g/mol. The van der Waals surface area contributed by atoms with E-state index in [0.717, 1.165) is 29.3 Å². The number of hydrogen-bond acceptors (Lipinski definition) is 2. The van der Waals surface area contributed by atoms with Crippen LogP contribution < -0.4 is 5.32 Å². The van der Waals surface area contributed by atoms with E-state index in [-0.39, 0.29) is 0 Å². The molecule has 250 valence electrons. The van der Waals surface area contributed by atoms with Crippen LogP contribution in [-0.4, -0.2) is 37.1 Å². The molecule has 0 aromatic carbocycles. The van der Waals surface area contributed by atoms with Gasteiger partial charge in [-0.3, -0.25) is 0 Å². The third kappa shape index (κ3) is 16.3. The highest BCUT2D eigenvalue weighted by Crippen LogP contribution is 2.55. The molecular weight excluding hydrogens is 508 g/mol. The zero-order valence-electron chi connectivity index (χ0n) is 30.0. The van der Waals surface area contributed by atoms with Gasteiger partial charge in [-0.25, -0.2) is 0 Å². The highest BCUT2D eigenvalue weighted by Gasteiger charge is 2.46. The lowest BCUT2D eigenvalue weighted by Gasteiger charge is -2.53. The largest absolute Gasteiger partial charge is 0.314 e. The second kappa shape index (κ2) is 24.2. The average Bonchev–Trinajstić information content (AvgIpc) is 2.98. The Bertz CT molecular complexity index is 560. The van der Waals surface area contributed by atoms with E-state index in [1.807, 2.05) is 0 Å². The molecule has 0 aromatic heterocycles. The molecule has 1 spiro atoms. The number of hydrogen-bond donors (Lipinski definition) is 1. The summed E-state index contributed by atoms with van der Waals surface area (Å²) in [7, 11) is 2.48. The van der Waals surface area contributed by atoms with Gasteiger partial charge < -0.3 is 10.2 Å². The van der Waals surface area contributed by atoms with E-state index < -0.39 is 0 Å². The van der Waals surface area contributed by atoms with Crippen molar-refractivity contribution in [2.24, 2.45) is 17.3 Å². The van der Waals surface area contributed by atoms with Crippen molar-refractivity contribution in [2.75, 3.05) is 20.1 Å². The summed E-state index contributed by atoms with van der Waals surface area (Å²) in [6.07, 6.45) is 40.4. The minimum absolute atomic E-state index is 0.721. The lowest BCUT2D eigenvalue weighted by atomic mass is 9.55. The third-order valence-electron chi connectivity index (χ3n) is 11.6. The smallest absolute Gasteiger partial charge is 0.00927 e.